The van der Waals surface area contributed by atoms with Crippen LogP contribution in [0.2, 0.25) is 0 Å². The van der Waals surface area contributed by atoms with Gasteiger partial charge >= 0.3 is 0 Å². The van der Waals surface area contributed by atoms with Gasteiger partial charge in [-0.3, -0.25) is 0 Å². The Morgan fingerprint density at radius 1 is 1.33 bits per heavy atom. The van der Waals surface area contributed by atoms with Crippen molar-refractivity contribution in [3.8, 4) is 0 Å². The number of hydrazine groups is 1. The molecule has 0 amide bonds. The highest BCUT2D eigenvalue weighted by Gasteiger charge is 2.12. The van der Waals surface area contributed by atoms with Crippen molar-refractivity contribution in [2.75, 3.05) is 6.54 Å². The smallest absolute Gasteiger partial charge is 0.0806 e. The first-order valence-corrected chi connectivity index (χ1v) is 2.77. The zero-order chi connectivity index (χ0) is 6.10. The molecule has 46 valence electrons. The molecule has 2 heterocycles. The van der Waals surface area contributed by atoms with E-state index in [0.29, 0.717) is 0 Å². The van der Waals surface area contributed by atoms with Crippen LogP contribution < -0.4 is 0 Å². The molecule has 0 aromatic rings. The van der Waals surface area contributed by atoms with Crippen molar-refractivity contribution in [3.63, 3.8) is 0 Å². The summed E-state index contributed by atoms with van der Waals surface area (Å²) in [7, 11) is 0. The predicted molar refractivity (Wildman–Crippen MR) is 31.7 cm³/mol. The molecule has 0 saturated heterocycles. The van der Waals surface area contributed by atoms with Crippen LogP contribution >= 0.6 is 0 Å². The Kier molecular flexibility index (Phi) is 0.798. The Morgan fingerprint density at radius 2 is 2.33 bits per heavy atom. The summed E-state index contributed by atoms with van der Waals surface area (Å²) in [5.41, 5.74) is 0. The van der Waals surface area contributed by atoms with E-state index in [1.165, 1.54) is 0 Å². The molecule has 0 aromatic heterocycles. The van der Waals surface area contributed by atoms with Crippen LogP contribution in [0.4, 0.5) is 0 Å². The number of fused-ring (bicyclic) bond motifs is 1. The average molecular weight is 122 g/mol. The van der Waals surface area contributed by atoms with Crippen molar-refractivity contribution in [1.82, 2.24) is 10.1 Å². The summed E-state index contributed by atoms with van der Waals surface area (Å²) in [4.78, 5) is 0. The Labute approximate surface area is 52.7 Å². The molecule has 9 heavy (non-hydrogen) atoms. The van der Waals surface area contributed by atoms with Gasteiger partial charge in [0.1, 0.15) is 0 Å². The highest BCUT2D eigenvalue weighted by molar-refractivity contribution is 4.97. The molecule has 4 nitrogen and oxygen atoms in total. The Bertz CT molecular complexity index is 193. The lowest BCUT2D eigenvalue weighted by atomic mass is 10.6. The third-order valence-electron chi connectivity index (χ3n) is 1.23. The first-order valence-electron chi connectivity index (χ1n) is 2.77. The van der Waals surface area contributed by atoms with Crippen molar-refractivity contribution in [2.24, 2.45) is 10.3 Å². The van der Waals surface area contributed by atoms with Gasteiger partial charge in [-0.05, 0) is 6.08 Å². The van der Waals surface area contributed by atoms with E-state index in [0.717, 1.165) is 6.54 Å². The largest absolute Gasteiger partial charge is 0.249 e. The van der Waals surface area contributed by atoms with E-state index in [1.54, 1.807) is 11.3 Å². The monoisotopic (exact) mass is 122 g/mol. The normalized spacial score (nSPS) is 21.3. The molecule has 0 atom stereocenters. The molecule has 0 spiro atoms. The quantitative estimate of drug-likeness (QED) is 0.477. The summed E-state index contributed by atoms with van der Waals surface area (Å²) in [5, 5.41) is 11.2. The van der Waals surface area contributed by atoms with E-state index in [9.17, 15) is 0 Å². The minimum Gasteiger partial charge on any atom is -0.249 e. The molecule has 0 saturated carbocycles. The molecular weight excluding hydrogens is 116 g/mol. The standard InChI is InChI=1S/C5H6N4/c1-3-8-5-2-6-7-9(8)4-1/h1-3,5H,4H2. The van der Waals surface area contributed by atoms with Crippen LogP contribution in [0.5, 0.6) is 0 Å². The molecule has 2 aliphatic heterocycles. The minimum absolute atomic E-state index is 0.827. The van der Waals surface area contributed by atoms with Gasteiger partial charge in [0.15, 0.2) is 0 Å². The van der Waals surface area contributed by atoms with Crippen molar-refractivity contribution in [2.45, 2.75) is 0 Å². The van der Waals surface area contributed by atoms with Crippen LogP contribution in [0.1, 0.15) is 0 Å². The van der Waals surface area contributed by atoms with E-state index >= 15 is 0 Å². The molecule has 2 rings (SSSR count). The maximum absolute atomic E-state index is 3.83. The second-order valence-corrected chi connectivity index (χ2v) is 1.82. The van der Waals surface area contributed by atoms with E-state index in [2.05, 4.69) is 10.3 Å². The lowest BCUT2D eigenvalue weighted by molar-refractivity contribution is 0.0885. The summed E-state index contributed by atoms with van der Waals surface area (Å²) < 4.78 is 0. The topological polar surface area (TPSA) is 31.2 Å². The fourth-order valence-electron chi connectivity index (χ4n) is 0.818. The van der Waals surface area contributed by atoms with Gasteiger partial charge in [0, 0.05) is 12.4 Å². The fraction of sp³-hybridized carbons (Fsp3) is 0.200. The molecule has 0 aromatic carbocycles. The van der Waals surface area contributed by atoms with E-state index in [-0.39, 0.29) is 0 Å². The van der Waals surface area contributed by atoms with E-state index < -0.39 is 0 Å². The van der Waals surface area contributed by atoms with Gasteiger partial charge in [-0.25, -0.2) is 5.01 Å². The molecule has 0 N–H and O–H groups in total. The Hall–Kier alpha value is -1.32. The number of hydrogen-bond donors (Lipinski definition) is 0. The lowest BCUT2D eigenvalue weighted by Gasteiger charge is -2.22. The van der Waals surface area contributed by atoms with Gasteiger partial charge in [0.05, 0.1) is 12.7 Å². The zero-order valence-corrected chi connectivity index (χ0v) is 4.81. The van der Waals surface area contributed by atoms with Gasteiger partial charge in [-0.15, -0.1) is 5.11 Å². The fourth-order valence-corrected chi connectivity index (χ4v) is 0.818. The van der Waals surface area contributed by atoms with Crippen LogP contribution in [0.15, 0.2) is 35.0 Å². The van der Waals surface area contributed by atoms with Crippen molar-refractivity contribution < 1.29 is 0 Å². The molecular formula is C5H6N4. The van der Waals surface area contributed by atoms with Crippen LogP contribution in [0.3, 0.4) is 0 Å². The SMILES string of the molecule is C1=CN2C=CN=NN2C1. The van der Waals surface area contributed by atoms with Gasteiger partial charge in [0.2, 0.25) is 0 Å². The second kappa shape index (κ2) is 1.58. The van der Waals surface area contributed by atoms with Crippen LogP contribution in [0, 0.1) is 0 Å². The molecule has 0 aliphatic carbocycles. The summed E-state index contributed by atoms with van der Waals surface area (Å²) in [6.07, 6.45) is 7.49. The van der Waals surface area contributed by atoms with Crippen molar-refractivity contribution in [3.05, 3.63) is 24.7 Å². The third kappa shape index (κ3) is 0.595. The van der Waals surface area contributed by atoms with Gasteiger partial charge < -0.3 is 0 Å². The number of nitrogens with zero attached hydrogens (tertiary/aromatic N) is 4. The summed E-state index contributed by atoms with van der Waals surface area (Å²) in [6, 6.07) is 0. The molecule has 0 radical (unpaired) electrons. The van der Waals surface area contributed by atoms with Crippen molar-refractivity contribution in [1.29, 1.82) is 0 Å². The summed E-state index contributed by atoms with van der Waals surface area (Å²) in [6.45, 7) is 0.827. The van der Waals surface area contributed by atoms with Crippen LogP contribution in [-0.2, 0) is 0 Å². The highest BCUT2D eigenvalue weighted by Crippen LogP contribution is 2.12. The number of hydrogen-bond acceptors (Lipinski definition) is 4. The van der Waals surface area contributed by atoms with E-state index in [1.807, 2.05) is 23.5 Å². The maximum atomic E-state index is 3.83. The van der Waals surface area contributed by atoms with Crippen LogP contribution in [0.25, 0.3) is 0 Å². The van der Waals surface area contributed by atoms with Crippen molar-refractivity contribution >= 4 is 0 Å². The first kappa shape index (κ1) is 4.55. The number of rotatable bonds is 0. The summed E-state index contributed by atoms with van der Waals surface area (Å²) >= 11 is 0. The van der Waals surface area contributed by atoms with E-state index in [4.69, 9.17) is 0 Å². The lowest BCUT2D eigenvalue weighted by Crippen LogP contribution is -2.26. The Morgan fingerprint density at radius 3 is 3.22 bits per heavy atom. The maximum Gasteiger partial charge on any atom is 0.0806 e. The van der Waals surface area contributed by atoms with Crippen LogP contribution in [-0.4, -0.2) is 16.7 Å². The highest BCUT2D eigenvalue weighted by atomic mass is 15.8. The molecule has 0 unspecified atom stereocenters. The second-order valence-electron chi connectivity index (χ2n) is 1.82. The molecule has 4 heteroatoms. The zero-order valence-electron chi connectivity index (χ0n) is 4.81. The average Bonchev–Trinajstić information content (AvgIpc) is 2.33. The predicted octanol–water partition coefficient (Wildman–Crippen LogP) is 0.885. The van der Waals surface area contributed by atoms with Gasteiger partial charge in [0.25, 0.3) is 0 Å². The molecule has 0 bridgehead atoms. The molecule has 0 fully saturated rings. The summed E-state index contributed by atoms with van der Waals surface area (Å²) in [5.74, 6) is 0. The minimum atomic E-state index is 0.827. The molecule has 2 aliphatic rings. The first-order chi connectivity index (χ1) is 4.47. The van der Waals surface area contributed by atoms with Gasteiger partial charge in [-0.1, -0.05) is 5.22 Å². The Balaban J connectivity index is 2.25. The van der Waals surface area contributed by atoms with Gasteiger partial charge in [-0.2, -0.15) is 5.12 Å². The third-order valence-corrected chi connectivity index (χ3v) is 1.23.